The van der Waals surface area contributed by atoms with Crippen LogP contribution in [0.2, 0.25) is 0 Å². The number of carboxylic acids is 1. The summed E-state index contributed by atoms with van der Waals surface area (Å²) in [6.45, 7) is 1.71. The van der Waals surface area contributed by atoms with Crippen molar-refractivity contribution in [1.29, 1.82) is 0 Å². The van der Waals surface area contributed by atoms with Gasteiger partial charge in [-0.25, -0.2) is 14.8 Å². The van der Waals surface area contributed by atoms with Crippen LogP contribution in [0, 0.1) is 6.92 Å². The average molecular weight is 182 g/mol. The van der Waals surface area contributed by atoms with Gasteiger partial charge in [-0.3, -0.25) is 0 Å². The highest BCUT2D eigenvalue weighted by molar-refractivity contribution is 5.88. The number of nitrogens with zero attached hydrogens (tertiary/aromatic N) is 2. The standard InChI is InChI=1S/C8H7FN2O2/c1-5-2-3-10-7(11-5)4-6(9)8(12)13/h2-4H,1H3,(H,12,13)/b6-4-. The van der Waals surface area contributed by atoms with Crippen molar-refractivity contribution in [2.45, 2.75) is 6.92 Å². The Morgan fingerprint density at radius 3 is 2.92 bits per heavy atom. The first-order valence-electron chi connectivity index (χ1n) is 3.50. The van der Waals surface area contributed by atoms with Gasteiger partial charge >= 0.3 is 5.97 Å². The summed E-state index contributed by atoms with van der Waals surface area (Å²) in [4.78, 5) is 17.6. The van der Waals surface area contributed by atoms with Gasteiger partial charge in [0.05, 0.1) is 0 Å². The second kappa shape index (κ2) is 3.75. The van der Waals surface area contributed by atoms with Crippen LogP contribution >= 0.6 is 0 Å². The minimum Gasteiger partial charge on any atom is -0.476 e. The monoisotopic (exact) mass is 182 g/mol. The van der Waals surface area contributed by atoms with Gasteiger partial charge < -0.3 is 5.11 Å². The summed E-state index contributed by atoms with van der Waals surface area (Å²) >= 11 is 0. The normalized spacial score (nSPS) is 11.4. The van der Waals surface area contributed by atoms with Crippen LogP contribution in [0.5, 0.6) is 0 Å². The van der Waals surface area contributed by atoms with Crippen molar-refractivity contribution in [3.8, 4) is 0 Å². The lowest BCUT2D eigenvalue weighted by molar-refractivity contribution is -0.134. The van der Waals surface area contributed by atoms with E-state index in [1.165, 1.54) is 6.20 Å². The Balaban J connectivity index is 2.97. The Morgan fingerprint density at radius 1 is 1.69 bits per heavy atom. The molecule has 1 aromatic heterocycles. The molecule has 0 saturated heterocycles. The Bertz CT molecular complexity index is 363. The predicted molar refractivity (Wildman–Crippen MR) is 43.5 cm³/mol. The summed E-state index contributed by atoms with van der Waals surface area (Å²) in [7, 11) is 0. The molecule has 13 heavy (non-hydrogen) atoms. The van der Waals surface area contributed by atoms with Crippen LogP contribution in [-0.4, -0.2) is 21.0 Å². The second-order valence-corrected chi connectivity index (χ2v) is 2.35. The van der Waals surface area contributed by atoms with Gasteiger partial charge in [0.2, 0.25) is 5.83 Å². The number of aliphatic carboxylic acids is 1. The van der Waals surface area contributed by atoms with Crippen LogP contribution in [0.1, 0.15) is 11.5 Å². The van der Waals surface area contributed by atoms with Crippen molar-refractivity contribution >= 4 is 12.0 Å². The van der Waals surface area contributed by atoms with Gasteiger partial charge in [0.1, 0.15) is 0 Å². The number of hydrogen-bond donors (Lipinski definition) is 1. The maximum Gasteiger partial charge on any atom is 0.364 e. The molecule has 68 valence electrons. The molecule has 0 radical (unpaired) electrons. The van der Waals surface area contributed by atoms with Gasteiger partial charge in [-0.15, -0.1) is 0 Å². The third-order valence-corrected chi connectivity index (χ3v) is 1.27. The molecule has 0 aliphatic rings. The minimum atomic E-state index is -1.62. The summed E-state index contributed by atoms with van der Waals surface area (Å²) in [5.74, 6) is -2.84. The molecule has 0 fully saturated rings. The highest BCUT2D eigenvalue weighted by atomic mass is 19.1. The molecule has 5 heteroatoms. The molecular weight excluding hydrogens is 175 g/mol. The van der Waals surface area contributed by atoms with Crippen molar-refractivity contribution in [1.82, 2.24) is 9.97 Å². The van der Waals surface area contributed by atoms with Crippen LogP contribution in [0.3, 0.4) is 0 Å². The fourth-order valence-corrected chi connectivity index (χ4v) is 0.713. The van der Waals surface area contributed by atoms with Gasteiger partial charge in [0.15, 0.2) is 5.82 Å². The molecule has 0 aliphatic carbocycles. The van der Waals surface area contributed by atoms with Crippen LogP contribution < -0.4 is 0 Å². The van der Waals surface area contributed by atoms with E-state index in [1.807, 2.05) is 0 Å². The molecule has 1 heterocycles. The van der Waals surface area contributed by atoms with Crippen molar-refractivity contribution in [2.24, 2.45) is 0 Å². The molecule has 0 aromatic carbocycles. The maximum absolute atomic E-state index is 12.5. The number of carboxylic acid groups (broad SMARTS) is 1. The molecule has 0 aliphatic heterocycles. The fourth-order valence-electron chi connectivity index (χ4n) is 0.713. The van der Waals surface area contributed by atoms with Crippen molar-refractivity contribution in [3.63, 3.8) is 0 Å². The Labute approximate surface area is 73.8 Å². The lowest BCUT2D eigenvalue weighted by Crippen LogP contribution is -1.96. The van der Waals surface area contributed by atoms with E-state index in [-0.39, 0.29) is 5.82 Å². The van der Waals surface area contributed by atoms with Crippen LogP contribution in [0.15, 0.2) is 18.1 Å². The van der Waals surface area contributed by atoms with Gasteiger partial charge in [-0.1, -0.05) is 0 Å². The first kappa shape index (κ1) is 9.31. The summed E-state index contributed by atoms with van der Waals surface area (Å²) in [6, 6.07) is 1.63. The molecule has 0 atom stereocenters. The number of halogens is 1. The largest absolute Gasteiger partial charge is 0.476 e. The lowest BCUT2D eigenvalue weighted by Gasteiger charge is -1.93. The van der Waals surface area contributed by atoms with Crippen molar-refractivity contribution in [3.05, 3.63) is 29.6 Å². The first-order valence-corrected chi connectivity index (χ1v) is 3.50. The third kappa shape index (κ3) is 2.62. The van der Waals surface area contributed by atoms with Gasteiger partial charge in [-0.2, -0.15) is 4.39 Å². The molecule has 0 amide bonds. The van der Waals surface area contributed by atoms with E-state index < -0.39 is 11.8 Å². The Morgan fingerprint density at radius 2 is 2.38 bits per heavy atom. The van der Waals surface area contributed by atoms with E-state index >= 15 is 0 Å². The number of rotatable bonds is 2. The molecule has 0 unspecified atom stereocenters. The molecule has 0 saturated carbocycles. The number of aromatic nitrogens is 2. The van der Waals surface area contributed by atoms with E-state index in [0.717, 1.165) is 6.08 Å². The Hall–Kier alpha value is -1.78. The number of hydrogen-bond acceptors (Lipinski definition) is 3. The quantitative estimate of drug-likeness (QED) is 0.697. The van der Waals surface area contributed by atoms with Crippen molar-refractivity contribution in [2.75, 3.05) is 0 Å². The summed E-state index contributed by atoms with van der Waals surface area (Å²) in [5, 5.41) is 8.21. The zero-order valence-corrected chi connectivity index (χ0v) is 6.86. The molecule has 0 spiro atoms. The van der Waals surface area contributed by atoms with Gasteiger partial charge in [0, 0.05) is 18.0 Å². The summed E-state index contributed by atoms with van der Waals surface area (Å²) in [5.41, 5.74) is 0.652. The van der Waals surface area contributed by atoms with E-state index in [4.69, 9.17) is 5.11 Å². The summed E-state index contributed by atoms with van der Waals surface area (Å²) in [6.07, 6.45) is 2.21. The molecule has 1 aromatic rings. The summed E-state index contributed by atoms with van der Waals surface area (Å²) < 4.78 is 12.5. The van der Waals surface area contributed by atoms with Crippen LogP contribution in [0.25, 0.3) is 6.08 Å². The van der Waals surface area contributed by atoms with E-state index in [2.05, 4.69) is 9.97 Å². The van der Waals surface area contributed by atoms with Crippen molar-refractivity contribution < 1.29 is 14.3 Å². The highest BCUT2D eigenvalue weighted by Crippen LogP contribution is 2.03. The van der Waals surface area contributed by atoms with E-state index in [0.29, 0.717) is 5.69 Å². The Kier molecular flexibility index (Phi) is 2.69. The molecule has 0 bridgehead atoms. The average Bonchev–Trinajstić information content (AvgIpc) is 2.04. The predicted octanol–water partition coefficient (Wildman–Crippen LogP) is 1.18. The first-order chi connectivity index (χ1) is 6.09. The SMILES string of the molecule is Cc1ccnc(/C=C(\F)C(=O)O)n1. The third-order valence-electron chi connectivity index (χ3n) is 1.27. The van der Waals surface area contributed by atoms with Gasteiger partial charge in [0.25, 0.3) is 0 Å². The lowest BCUT2D eigenvalue weighted by atomic mass is 10.4. The maximum atomic E-state index is 12.5. The zero-order chi connectivity index (χ0) is 9.84. The zero-order valence-electron chi connectivity index (χ0n) is 6.86. The van der Waals surface area contributed by atoms with E-state index in [1.54, 1.807) is 13.0 Å². The molecule has 1 rings (SSSR count). The number of aryl methyl sites for hydroxylation is 1. The topological polar surface area (TPSA) is 63.1 Å². The second-order valence-electron chi connectivity index (χ2n) is 2.35. The molecular formula is C8H7FN2O2. The van der Waals surface area contributed by atoms with Crippen LogP contribution in [0.4, 0.5) is 4.39 Å². The van der Waals surface area contributed by atoms with Crippen LogP contribution in [-0.2, 0) is 4.79 Å². The smallest absolute Gasteiger partial charge is 0.364 e. The molecule has 1 N–H and O–H groups in total. The highest BCUT2D eigenvalue weighted by Gasteiger charge is 2.05. The van der Waals surface area contributed by atoms with E-state index in [9.17, 15) is 9.18 Å². The minimum absolute atomic E-state index is 0.0555. The fraction of sp³-hybridized carbons (Fsp3) is 0.125. The number of carbonyl (C=O) groups is 1. The molecule has 4 nitrogen and oxygen atoms in total. The van der Waals surface area contributed by atoms with Gasteiger partial charge in [-0.05, 0) is 13.0 Å².